The molecule has 1 aliphatic rings. The van der Waals surface area contributed by atoms with Gasteiger partial charge in [-0.3, -0.25) is 4.98 Å². The molecule has 2 aromatic rings. The Balaban J connectivity index is 2.46. The van der Waals surface area contributed by atoms with Gasteiger partial charge in [-0.2, -0.15) is 0 Å². The molecule has 16 heavy (non-hydrogen) atoms. The minimum atomic E-state index is 0.905. The van der Waals surface area contributed by atoms with Gasteiger partial charge in [-0.05, 0) is 49.4 Å². The molecule has 0 saturated heterocycles. The highest BCUT2D eigenvalue weighted by atomic mass is 79.9. The Morgan fingerprint density at radius 1 is 1.31 bits per heavy atom. The quantitative estimate of drug-likeness (QED) is 0.700. The first-order valence-corrected chi connectivity index (χ1v) is 6.61. The molecule has 0 unspecified atom stereocenters. The molecule has 0 radical (unpaired) electrons. The topological polar surface area (TPSA) is 12.9 Å². The number of benzene rings is 1. The molecule has 0 bridgehead atoms. The highest BCUT2D eigenvalue weighted by Crippen LogP contribution is 2.35. The number of pyridine rings is 1. The van der Waals surface area contributed by atoms with E-state index in [0.717, 1.165) is 33.2 Å². The molecule has 1 aromatic carbocycles. The second-order valence-corrected chi connectivity index (χ2v) is 5.62. The summed E-state index contributed by atoms with van der Waals surface area (Å²) in [4.78, 5) is 4.75. The van der Waals surface area contributed by atoms with Crippen LogP contribution >= 0.6 is 27.5 Å². The summed E-state index contributed by atoms with van der Waals surface area (Å²) in [5, 5.41) is 1.98. The molecule has 82 valence electrons. The summed E-state index contributed by atoms with van der Waals surface area (Å²) in [6.07, 6.45) is 3.32. The van der Waals surface area contributed by atoms with Crippen LogP contribution in [0.15, 0.2) is 16.6 Å². The van der Waals surface area contributed by atoms with E-state index >= 15 is 0 Å². The van der Waals surface area contributed by atoms with E-state index in [9.17, 15) is 0 Å². The van der Waals surface area contributed by atoms with Gasteiger partial charge in [-0.15, -0.1) is 0 Å². The zero-order valence-corrected chi connectivity index (χ0v) is 11.3. The summed E-state index contributed by atoms with van der Waals surface area (Å²) in [5.41, 5.74) is 4.68. The van der Waals surface area contributed by atoms with Crippen LogP contribution < -0.4 is 0 Å². The van der Waals surface area contributed by atoms with Crippen LogP contribution in [-0.4, -0.2) is 4.98 Å². The van der Waals surface area contributed by atoms with Gasteiger partial charge in [0.1, 0.15) is 0 Å². The lowest BCUT2D eigenvalue weighted by Crippen LogP contribution is -1.94. The van der Waals surface area contributed by atoms with Crippen molar-refractivity contribution in [1.82, 2.24) is 4.98 Å². The number of nitrogens with zero attached hydrogens (tertiary/aromatic N) is 1. The molecule has 3 heteroatoms. The third kappa shape index (κ3) is 1.47. The van der Waals surface area contributed by atoms with E-state index < -0.39 is 0 Å². The maximum Gasteiger partial charge on any atom is 0.0750 e. The standard InChI is InChI=1S/C13H11BrClN/c1-7-5-8(14)6-10-12(15)9-3-2-4-11(9)16-13(7)10/h5-6H,2-4H2,1H3. The molecule has 0 spiro atoms. The Bertz CT molecular complexity index is 592. The number of rotatable bonds is 0. The second-order valence-electron chi connectivity index (χ2n) is 4.32. The van der Waals surface area contributed by atoms with Crippen LogP contribution in [0.2, 0.25) is 5.02 Å². The molecule has 0 N–H and O–H groups in total. The molecular formula is C13H11BrClN. The monoisotopic (exact) mass is 295 g/mol. The zero-order chi connectivity index (χ0) is 11.3. The normalized spacial score (nSPS) is 14.4. The Hall–Kier alpha value is -0.600. The Labute approximate surface area is 108 Å². The number of halogens is 2. The fourth-order valence-electron chi connectivity index (χ4n) is 2.44. The van der Waals surface area contributed by atoms with E-state index in [0.29, 0.717) is 0 Å². The lowest BCUT2D eigenvalue weighted by Gasteiger charge is -2.09. The van der Waals surface area contributed by atoms with Crippen molar-refractivity contribution in [3.8, 4) is 0 Å². The van der Waals surface area contributed by atoms with Crippen LogP contribution in [0, 0.1) is 6.92 Å². The summed E-state index contributed by atoms with van der Waals surface area (Å²) >= 11 is 9.98. The van der Waals surface area contributed by atoms with Crippen molar-refractivity contribution in [2.45, 2.75) is 26.2 Å². The Morgan fingerprint density at radius 2 is 2.12 bits per heavy atom. The number of hydrogen-bond donors (Lipinski definition) is 0. The van der Waals surface area contributed by atoms with Crippen LogP contribution in [0.4, 0.5) is 0 Å². The fraction of sp³-hybridized carbons (Fsp3) is 0.308. The van der Waals surface area contributed by atoms with E-state index in [1.165, 1.54) is 23.2 Å². The number of aryl methyl sites for hydroxylation is 2. The highest BCUT2D eigenvalue weighted by molar-refractivity contribution is 9.10. The van der Waals surface area contributed by atoms with Gasteiger partial charge in [0.15, 0.2) is 0 Å². The summed E-state index contributed by atoms with van der Waals surface area (Å²) in [6, 6.07) is 4.16. The molecule has 1 aromatic heterocycles. The van der Waals surface area contributed by atoms with Crippen molar-refractivity contribution in [1.29, 1.82) is 0 Å². The minimum absolute atomic E-state index is 0.905. The number of fused-ring (bicyclic) bond motifs is 2. The molecule has 0 aliphatic heterocycles. The Kier molecular flexibility index (Phi) is 2.45. The second kappa shape index (κ2) is 3.71. The third-order valence-corrected chi connectivity index (χ3v) is 4.09. The zero-order valence-electron chi connectivity index (χ0n) is 8.98. The summed E-state index contributed by atoms with van der Waals surface area (Å²) in [7, 11) is 0. The largest absolute Gasteiger partial charge is 0.252 e. The van der Waals surface area contributed by atoms with E-state index in [2.05, 4.69) is 35.0 Å². The first-order chi connectivity index (χ1) is 7.66. The van der Waals surface area contributed by atoms with E-state index in [1.807, 2.05) is 0 Å². The van der Waals surface area contributed by atoms with Gasteiger partial charge in [0.25, 0.3) is 0 Å². The molecular weight excluding hydrogens is 286 g/mol. The van der Waals surface area contributed by atoms with Crippen molar-refractivity contribution in [3.63, 3.8) is 0 Å². The number of hydrogen-bond acceptors (Lipinski definition) is 1. The lowest BCUT2D eigenvalue weighted by molar-refractivity contribution is 0.901. The van der Waals surface area contributed by atoms with Gasteiger partial charge in [-0.25, -0.2) is 0 Å². The molecule has 1 nitrogen and oxygen atoms in total. The summed E-state index contributed by atoms with van der Waals surface area (Å²) in [6.45, 7) is 2.08. The van der Waals surface area contributed by atoms with E-state index in [1.54, 1.807) is 0 Å². The van der Waals surface area contributed by atoms with Gasteiger partial charge >= 0.3 is 0 Å². The maximum absolute atomic E-state index is 6.47. The maximum atomic E-state index is 6.47. The van der Waals surface area contributed by atoms with Crippen LogP contribution in [-0.2, 0) is 12.8 Å². The average molecular weight is 297 g/mol. The summed E-state index contributed by atoms with van der Waals surface area (Å²) in [5.74, 6) is 0. The SMILES string of the molecule is Cc1cc(Br)cc2c(Cl)c3c(nc12)CCC3. The smallest absolute Gasteiger partial charge is 0.0750 e. The van der Waals surface area contributed by atoms with Crippen molar-refractivity contribution >= 4 is 38.4 Å². The van der Waals surface area contributed by atoms with Crippen molar-refractivity contribution in [3.05, 3.63) is 38.4 Å². The Morgan fingerprint density at radius 3 is 2.94 bits per heavy atom. The van der Waals surface area contributed by atoms with Gasteiger partial charge in [0.2, 0.25) is 0 Å². The van der Waals surface area contributed by atoms with E-state index in [-0.39, 0.29) is 0 Å². The van der Waals surface area contributed by atoms with E-state index in [4.69, 9.17) is 16.6 Å². The van der Waals surface area contributed by atoms with Crippen LogP contribution in [0.3, 0.4) is 0 Å². The lowest BCUT2D eigenvalue weighted by atomic mass is 10.1. The molecule has 1 aliphatic carbocycles. The molecule has 0 fully saturated rings. The van der Waals surface area contributed by atoms with Crippen molar-refractivity contribution in [2.24, 2.45) is 0 Å². The predicted molar refractivity (Wildman–Crippen MR) is 71.2 cm³/mol. The first kappa shape index (κ1) is 10.5. The van der Waals surface area contributed by atoms with Crippen LogP contribution in [0.1, 0.15) is 23.2 Å². The van der Waals surface area contributed by atoms with Gasteiger partial charge in [0, 0.05) is 15.6 Å². The minimum Gasteiger partial charge on any atom is -0.252 e. The highest BCUT2D eigenvalue weighted by Gasteiger charge is 2.19. The van der Waals surface area contributed by atoms with Crippen LogP contribution in [0.5, 0.6) is 0 Å². The molecule has 0 saturated carbocycles. The third-order valence-electron chi connectivity index (χ3n) is 3.20. The van der Waals surface area contributed by atoms with Crippen LogP contribution in [0.25, 0.3) is 10.9 Å². The number of aromatic nitrogens is 1. The molecule has 1 heterocycles. The van der Waals surface area contributed by atoms with Crippen molar-refractivity contribution < 1.29 is 0 Å². The fourth-order valence-corrected chi connectivity index (χ4v) is 3.36. The molecule has 3 rings (SSSR count). The average Bonchev–Trinajstić information content (AvgIpc) is 2.68. The summed E-state index contributed by atoms with van der Waals surface area (Å²) < 4.78 is 1.07. The van der Waals surface area contributed by atoms with Gasteiger partial charge in [0.05, 0.1) is 10.5 Å². The molecule has 0 amide bonds. The van der Waals surface area contributed by atoms with Gasteiger partial charge in [-0.1, -0.05) is 27.5 Å². The van der Waals surface area contributed by atoms with Gasteiger partial charge < -0.3 is 0 Å². The molecule has 0 atom stereocenters. The predicted octanol–water partition coefficient (Wildman–Crippen LogP) is 4.45. The first-order valence-electron chi connectivity index (χ1n) is 5.44. The van der Waals surface area contributed by atoms with Crippen molar-refractivity contribution in [2.75, 3.05) is 0 Å².